The fraction of sp³-hybridized carbons (Fsp3) is 0.278. The molecule has 0 fully saturated rings. The van der Waals surface area contributed by atoms with E-state index < -0.39 is 6.09 Å². The third kappa shape index (κ3) is 4.39. The maximum Gasteiger partial charge on any atom is 0.407 e. The number of amides is 1. The molecule has 1 N–H and O–H groups in total. The first-order chi connectivity index (χ1) is 11.3. The first-order valence-corrected chi connectivity index (χ1v) is 7.64. The highest BCUT2D eigenvalue weighted by Gasteiger charge is 2.11. The molecule has 5 nitrogen and oxygen atoms in total. The van der Waals surface area contributed by atoms with Crippen molar-refractivity contribution in [2.24, 2.45) is 0 Å². The van der Waals surface area contributed by atoms with E-state index in [-0.39, 0.29) is 6.61 Å². The molecule has 1 aliphatic heterocycles. The van der Waals surface area contributed by atoms with Crippen LogP contribution in [0.5, 0.6) is 11.5 Å². The highest BCUT2D eigenvalue weighted by atomic mass is 16.5. The number of alkyl carbamates (subject to hydrolysis) is 1. The summed E-state index contributed by atoms with van der Waals surface area (Å²) in [5, 5.41) is 2.73. The summed E-state index contributed by atoms with van der Waals surface area (Å²) in [4.78, 5) is 11.7. The van der Waals surface area contributed by atoms with Crippen LogP contribution in [0.3, 0.4) is 0 Å². The predicted octanol–water partition coefficient (Wildman–Crippen LogP) is 3.27. The van der Waals surface area contributed by atoms with E-state index in [0.717, 1.165) is 29.0 Å². The molecule has 0 bridgehead atoms. The topological polar surface area (TPSA) is 56.8 Å². The Hall–Kier alpha value is -2.69. The first-order valence-electron chi connectivity index (χ1n) is 7.64. The largest absolute Gasteiger partial charge is 0.490 e. The van der Waals surface area contributed by atoms with Crippen molar-refractivity contribution in [3.05, 3.63) is 59.7 Å². The molecule has 0 aliphatic carbocycles. The normalized spacial score (nSPS) is 13.0. The highest BCUT2D eigenvalue weighted by Crippen LogP contribution is 2.30. The van der Waals surface area contributed by atoms with Crippen LogP contribution in [0.1, 0.15) is 17.5 Å². The van der Waals surface area contributed by atoms with Crippen LogP contribution < -0.4 is 14.8 Å². The number of hydrogen-bond acceptors (Lipinski definition) is 4. The molecule has 2 aromatic rings. The lowest BCUT2D eigenvalue weighted by molar-refractivity contribution is 0.139. The Morgan fingerprint density at radius 1 is 1.00 bits per heavy atom. The van der Waals surface area contributed by atoms with Gasteiger partial charge in [0.05, 0.1) is 13.2 Å². The highest BCUT2D eigenvalue weighted by molar-refractivity contribution is 5.67. The molecule has 0 saturated carbocycles. The summed E-state index contributed by atoms with van der Waals surface area (Å²) in [6.07, 6.45) is 0.426. The summed E-state index contributed by atoms with van der Waals surface area (Å²) in [5.74, 6) is 1.47. The molecule has 0 aromatic heterocycles. The zero-order valence-electron chi connectivity index (χ0n) is 12.8. The molecule has 0 atom stereocenters. The summed E-state index contributed by atoms with van der Waals surface area (Å²) in [7, 11) is 0. The molecule has 1 heterocycles. The fourth-order valence-electron chi connectivity index (χ4n) is 2.27. The van der Waals surface area contributed by atoms with E-state index in [4.69, 9.17) is 14.2 Å². The van der Waals surface area contributed by atoms with Gasteiger partial charge in [-0.15, -0.1) is 0 Å². The van der Waals surface area contributed by atoms with Crippen LogP contribution in [0.4, 0.5) is 4.79 Å². The number of rotatable bonds is 4. The first kappa shape index (κ1) is 15.2. The van der Waals surface area contributed by atoms with Gasteiger partial charge in [0.15, 0.2) is 11.5 Å². The van der Waals surface area contributed by atoms with E-state index in [1.807, 2.05) is 48.5 Å². The zero-order chi connectivity index (χ0) is 15.9. The monoisotopic (exact) mass is 313 g/mol. The molecule has 1 amide bonds. The molecule has 1 aliphatic rings. The molecule has 2 aromatic carbocycles. The van der Waals surface area contributed by atoms with Gasteiger partial charge in [-0.2, -0.15) is 0 Å². The van der Waals surface area contributed by atoms with Crippen LogP contribution in [0.2, 0.25) is 0 Å². The van der Waals surface area contributed by atoms with Crippen molar-refractivity contribution >= 4 is 6.09 Å². The van der Waals surface area contributed by atoms with Gasteiger partial charge in [0.1, 0.15) is 6.61 Å². The van der Waals surface area contributed by atoms with Crippen molar-refractivity contribution in [3.63, 3.8) is 0 Å². The van der Waals surface area contributed by atoms with E-state index in [1.165, 1.54) is 0 Å². The van der Waals surface area contributed by atoms with Crippen LogP contribution in [-0.2, 0) is 17.9 Å². The number of carbonyl (C=O) groups excluding carboxylic acids is 1. The number of ether oxygens (including phenoxy) is 3. The van der Waals surface area contributed by atoms with E-state index in [9.17, 15) is 4.79 Å². The maximum atomic E-state index is 11.7. The van der Waals surface area contributed by atoms with E-state index >= 15 is 0 Å². The quantitative estimate of drug-likeness (QED) is 0.941. The lowest BCUT2D eigenvalue weighted by Crippen LogP contribution is -2.23. The Bertz CT molecular complexity index is 657. The van der Waals surface area contributed by atoms with Gasteiger partial charge >= 0.3 is 6.09 Å². The number of nitrogens with one attached hydrogen (secondary N) is 1. The summed E-state index contributed by atoms with van der Waals surface area (Å²) in [6.45, 7) is 1.94. The van der Waals surface area contributed by atoms with Crippen LogP contribution in [-0.4, -0.2) is 19.3 Å². The standard InChI is InChI=1S/C18H19NO4/c20-18(23-13-14-5-2-1-3-6-14)19-12-15-7-8-16-17(11-15)22-10-4-9-21-16/h1-3,5-8,11H,4,9-10,12-13H2,(H,19,20). The molecular weight excluding hydrogens is 294 g/mol. The molecule has 0 radical (unpaired) electrons. The Morgan fingerprint density at radius 2 is 1.78 bits per heavy atom. The van der Waals surface area contributed by atoms with Gasteiger partial charge in [-0.05, 0) is 23.3 Å². The van der Waals surface area contributed by atoms with Crippen LogP contribution in [0, 0.1) is 0 Å². The summed E-state index contributed by atoms with van der Waals surface area (Å²) >= 11 is 0. The second-order valence-electron chi connectivity index (χ2n) is 5.25. The van der Waals surface area contributed by atoms with E-state index in [2.05, 4.69) is 5.32 Å². The molecule has 0 unspecified atom stereocenters. The van der Waals surface area contributed by atoms with Gasteiger partial charge in [0, 0.05) is 13.0 Å². The summed E-state index contributed by atoms with van der Waals surface area (Å²) < 4.78 is 16.4. The van der Waals surface area contributed by atoms with Crippen LogP contribution >= 0.6 is 0 Å². The lowest BCUT2D eigenvalue weighted by Gasteiger charge is -2.10. The number of hydrogen-bond donors (Lipinski definition) is 1. The minimum Gasteiger partial charge on any atom is -0.490 e. The van der Waals surface area contributed by atoms with Gasteiger partial charge < -0.3 is 19.5 Å². The third-order valence-electron chi connectivity index (χ3n) is 3.46. The van der Waals surface area contributed by atoms with E-state index in [1.54, 1.807) is 0 Å². The van der Waals surface area contributed by atoms with Crippen LogP contribution in [0.25, 0.3) is 0 Å². The zero-order valence-corrected chi connectivity index (χ0v) is 12.8. The summed E-state index contributed by atoms with van der Waals surface area (Å²) in [5.41, 5.74) is 1.89. The minimum atomic E-state index is -0.444. The van der Waals surface area contributed by atoms with Crippen molar-refractivity contribution in [2.45, 2.75) is 19.6 Å². The fourth-order valence-corrected chi connectivity index (χ4v) is 2.27. The third-order valence-corrected chi connectivity index (χ3v) is 3.46. The van der Waals surface area contributed by atoms with Crippen molar-refractivity contribution in [3.8, 4) is 11.5 Å². The molecule has 0 saturated heterocycles. The van der Waals surface area contributed by atoms with Crippen molar-refractivity contribution < 1.29 is 19.0 Å². The smallest absolute Gasteiger partial charge is 0.407 e. The number of carbonyl (C=O) groups is 1. The van der Waals surface area contributed by atoms with Crippen molar-refractivity contribution in [2.75, 3.05) is 13.2 Å². The molecular formula is C18H19NO4. The van der Waals surface area contributed by atoms with Crippen molar-refractivity contribution in [1.82, 2.24) is 5.32 Å². The predicted molar refractivity (Wildman–Crippen MR) is 85.5 cm³/mol. The average Bonchev–Trinajstić information content (AvgIpc) is 2.84. The second-order valence-corrected chi connectivity index (χ2v) is 5.25. The second kappa shape index (κ2) is 7.54. The van der Waals surface area contributed by atoms with Gasteiger partial charge in [-0.25, -0.2) is 4.79 Å². The van der Waals surface area contributed by atoms with Gasteiger partial charge in [-0.3, -0.25) is 0 Å². The molecule has 120 valence electrons. The Kier molecular flexibility index (Phi) is 4.99. The number of benzene rings is 2. The summed E-state index contributed by atoms with van der Waals surface area (Å²) in [6, 6.07) is 15.2. The molecule has 23 heavy (non-hydrogen) atoms. The Balaban J connectivity index is 1.50. The molecule has 3 rings (SSSR count). The van der Waals surface area contributed by atoms with E-state index in [0.29, 0.717) is 19.8 Å². The van der Waals surface area contributed by atoms with Crippen molar-refractivity contribution in [1.29, 1.82) is 0 Å². The average molecular weight is 313 g/mol. The van der Waals surface area contributed by atoms with Gasteiger partial charge in [-0.1, -0.05) is 36.4 Å². The lowest BCUT2D eigenvalue weighted by atomic mass is 10.2. The molecule has 5 heteroatoms. The Labute approximate surface area is 135 Å². The van der Waals surface area contributed by atoms with Crippen LogP contribution in [0.15, 0.2) is 48.5 Å². The Morgan fingerprint density at radius 3 is 2.61 bits per heavy atom. The van der Waals surface area contributed by atoms with Gasteiger partial charge in [0.2, 0.25) is 0 Å². The van der Waals surface area contributed by atoms with Gasteiger partial charge in [0.25, 0.3) is 0 Å². The SMILES string of the molecule is O=C(NCc1ccc2c(c1)OCCCO2)OCc1ccccc1. The molecule has 0 spiro atoms. The number of fused-ring (bicyclic) bond motifs is 1. The minimum absolute atomic E-state index is 0.258. The maximum absolute atomic E-state index is 11.7.